The van der Waals surface area contributed by atoms with Crippen LogP contribution in [0.25, 0.3) is 0 Å². The third kappa shape index (κ3) is 2.79. The Morgan fingerprint density at radius 1 is 1.30 bits per heavy atom. The van der Waals surface area contributed by atoms with Crippen molar-refractivity contribution in [1.82, 2.24) is 5.32 Å². The highest BCUT2D eigenvalue weighted by Gasteiger charge is 2.41. The van der Waals surface area contributed by atoms with Gasteiger partial charge in [-0.2, -0.15) is 0 Å². The van der Waals surface area contributed by atoms with Crippen molar-refractivity contribution < 1.29 is 14.0 Å². The van der Waals surface area contributed by atoms with Crippen LogP contribution in [0.1, 0.15) is 37.9 Å². The number of fused-ring (bicyclic) bond motifs is 2. The Morgan fingerprint density at radius 3 is 2.70 bits per heavy atom. The van der Waals surface area contributed by atoms with E-state index in [0.717, 1.165) is 44.3 Å². The molecule has 0 radical (unpaired) electrons. The second-order valence-corrected chi connectivity index (χ2v) is 6.02. The van der Waals surface area contributed by atoms with Crippen LogP contribution in [0.3, 0.4) is 0 Å². The summed E-state index contributed by atoms with van der Waals surface area (Å²) in [4.78, 5) is 24.2. The highest BCUT2D eigenvalue weighted by molar-refractivity contribution is 5.88. The van der Waals surface area contributed by atoms with Gasteiger partial charge in [0.15, 0.2) is 0 Å². The van der Waals surface area contributed by atoms with Crippen molar-refractivity contribution in [3.8, 4) is 0 Å². The Bertz CT molecular complexity index is 464. The van der Waals surface area contributed by atoms with E-state index in [0.29, 0.717) is 12.3 Å². The fourth-order valence-electron chi connectivity index (χ4n) is 3.60. The summed E-state index contributed by atoms with van der Waals surface area (Å²) in [7, 11) is 0. The summed E-state index contributed by atoms with van der Waals surface area (Å²) in [6, 6.07) is 3.76. The molecule has 3 atom stereocenters. The first-order chi connectivity index (χ1) is 9.74. The zero-order valence-electron chi connectivity index (χ0n) is 11.6. The number of carbonyl (C=O) groups excluding carboxylic acids is 2. The molecule has 1 aromatic rings. The minimum absolute atomic E-state index is 0.0274. The number of Topliss-reactive ketones (excluding diaryl/α,β-unsaturated/α-hetero) is 1. The first kappa shape index (κ1) is 13.4. The van der Waals surface area contributed by atoms with E-state index in [1.54, 1.807) is 6.26 Å². The summed E-state index contributed by atoms with van der Waals surface area (Å²) in [6.45, 7) is 0.603. The molecule has 2 fully saturated rings. The van der Waals surface area contributed by atoms with E-state index in [1.807, 2.05) is 12.1 Å². The molecular weight excluding hydrogens is 254 g/mol. The molecule has 0 spiro atoms. The average molecular weight is 275 g/mol. The SMILES string of the molecule is O=C(NCCc1ccco1)C1C[C@H]2CCC[C@@H](C1)C2=O. The maximum Gasteiger partial charge on any atom is 0.223 e. The topological polar surface area (TPSA) is 59.3 Å². The second kappa shape index (κ2) is 5.81. The lowest BCUT2D eigenvalue weighted by Crippen LogP contribution is -2.42. The molecule has 2 bridgehead atoms. The van der Waals surface area contributed by atoms with Crippen LogP contribution in [-0.2, 0) is 16.0 Å². The quantitative estimate of drug-likeness (QED) is 0.917. The molecule has 1 aromatic heterocycles. The molecule has 4 nitrogen and oxygen atoms in total. The lowest BCUT2D eigenvalue weighted by molar-refractivity contribution is -0.137. The lowest BCUT2D eigenvalue weighted by atomic mass is 9.67. The molecule has 108 valence electrons. The number of ketones is 1. The minimum Gasteiger partial charge on any atom is -0.469 e. The van der Waals surface area contributed by atoms with E-state index < -0.39 is 0 Å². The van der Waals surface area contributed by atoms with E-state index in [4.69, 9.17) is 4.42 Å². The number of nitrogens with one attached hydrogen (secondary N) is 1. The lowest BCUT2D eigenvalue weighted by Gasteiger charge is -2.36. The van der Waals surface area contributed by atoms with E-state index >= 15 is 0 Å². The summed E-state index contributed by atoms with van der Waals surface area (Å²) < 4.78 is 5.24. The Balaban J connectivity index is 1.49. The fourth-order valence-corrected chi connectivity index (χ4v) is 3.60. The molecule has 4 heteroatoms. The molecule has 0 saturated heterocycles. The van der Waals surface area contributed by atoms with E-state index in [9.17, 15) is 9.59 Å². The first-order valence-corrected chi connectivity index (χ1v) is 7.58. The predicted molar refractivity (Wildman–Crippen MR) is 74.0 cm³/mol. The highest BCUT2D eigenvalue weighted by atomic mass is 16.3. The van der Waals surface area contributed by atoms with Crippen molar-refractivity contribution in [2.24, 2.45) is 17.8 Å². The summed E-state index contributed by atoms with van der Waals surface area (Å²) in [5, 5.41) is 2.98. The zero-order valence-corrected chi connectivity index (χ0v) is 11.6. The largest absolute Gasteiger partial charge is 0.469 e. The van der Waals surface area contributed by atoms with Gasteiger partial charge in [0.2, 0.25) is 5.91 Å². The first-order valence-electron chi connectivity index (χ1n) is 7.58. The number of rotatable bonds is 4. The Labute approximate surface area is 118 Å². The number of hydrogen-bond donors (Lipinski definition) is 1. The molecule has 1 heterocycles. The fraction of sp³-hybridized carbons (Fsp3) is 0.625. The third-order valence-corrected chi connectivity index (χ3v) is 4.67. The van der Waals surface area contributed by atoms with Crippen molar-refractivity contribution in [2.45, 2.75) is 38.5 Å². The van der Waals surface area contributed by atoms with Crippen molar-refractivity contribution in [3.05, 3.63) is 24.2 Å². The summed E-state index contributed by atoms with van der Waals surface area (Å²) in [5.74, 6) is 1.73. The average Bonchev–Trinajstić information content (AvgIpc) is 2.91. The van der Waals surface area contributed by atoms with Crippen molar-refractivity contribution in [3.63, 3.8) is 0 Å². The molecule has 2 aliphatic rings. The van der Waals surface area contributed by atoms with E-state index in [-0.39, 0.29) is 23.7 Å². The highest BCUT2D eigenvalue weighted by Crippen LogP contribution is 2.40. The van der Waals surface area contributed by atoms with E-state index in [2.05, 4.69) is 5.32 Å². The Kier molecular flexibility index (Phi) is 3.90. The van der Waals surface area contributed by atoms with Crippen molar-refractivity contribution in [2.75, 3.05) is 6.54 Å². The Morgan fingerprint density at radius 2 is 2.05 bits per heavy atom. The minimum atomic E-state index is 0.0274. The standard InChI is InChI=1S/C16H21NO3/c18-15-11-3-1-4-12(15)10-13(9-11)16(19)17-7-6-14-5-2-8-20-14/h2,5,8,11-13H,1,3-4,6-7,9-10H2,(H,17,19)/t11-,12+,13?. The molecule has 2 saturated carbocycles. The van der Waals surface area contributed by atoms with Crippen LogP contribution in [-0.4, -0.2) is 18.2 Å². The van der Waals surface area contributed by atoms with Crippen LogP contribution >= 0.6 is 0 Å². The number of amides is 1. The number of carbonyl (C=O) groups is 2. The monoisotopic (exact) mass is 275 g/mol. The molecule has 1 amide bonds. The number of hydrogen-bond acceptors (Lipinski definition) is 3. The molecule has 0 aliphatic heterocycles. The summed E-state index contributed by atoms with van der Waals surface area (Å²) in [5.41, 5.74) is 0. The van der Waals surface area contributed by atoms with Gasteiger partial charge in [0.1, 0.15) is 11.5 Å². The summed E-state index contributed by atoms with van der Waals surface area (Å²) in [6.07, 6.45) is 6.97. The molecular formula is C16H21NO3. The van der Waals surface area contributed by atoms with Crippen LogP contribution in [0.5, 0.6) is 0 Å². The smallest absolute Gasteiger partial charge is 0.223 e. The van der Waals surface area contributed by atoms with Crippen LogP contribution in [0, 0.1) is 17.8 Å². The normalized spacial score (nSPS) is 29.2. The van der Waals surface area contributed by atoms with Gasteiger partial charge in [-0.25, -0.2) is 0 Å². The van der Waals surface area contributed by atoms with Gasteiger partial charge >= 0.3 is 0 Å². The predicted octanol–water partition coefficient (Wildman–Crippen LogP) is 2.33. The third-order valence-electron chi connectivity index (χ3n) is 4.67. The van der Waals surface area contributed by atoms with Crippen molar-refractivity contribution in [1.29, 1.82) is 0 Å². The second-order valence-electron chi connectivity index (χ2n) is 6.02. The maximum atomic E-state index is 12.2. The molecule has 1 unspecified atom stereocenters. The van der Waals surface area contributed by atoms with Crippen LogP contribution in [0.4, 0.5) is 0 Å². The van der Waals surface area contributed by atoms with Gasteiger partial charge in [-0.1, -0.05) is 6.42 Å². The van der Waals surface area contributed by atoms with Gasteiger partial charge in [-0.3, -0.25) is 9.59 Å². The molecule has 1 N–H and O–H groups in total. The van der Waals surface area contributed by atoms with Gasteiger partial charge in [0, 0.05) is 30.7 Å². The zero-order chi connectivity index (χ0) is 13.9. The Hall–Kier alpha value is -1.58. The maximum absolute atomic E-state index is 12.2. The van der Waals surface area contributed by atoms with Gasteiger partial charge < -0.3 is 9.73 Å². The molecule has 0 aromatic carbocycles. The van der Waals surface area contributed by atoms with E-state index in [1.165, 1.54) is 0 Å². The summed E-state index contributed by atoms with van der Waals surface area (Å²) >= 11 is 0. The van der Waals surface area contributed by atoms with Crippen LogP contribution < -0.4 is 5.32 Å². The van der Waals surface area contributed by atoms with Gasteiger partial charge in [0.05, 0.1) is 6.26 Å². The van der Waals surface area contributed by atoms with Crippen molar-refractivity contribution >= 4 is 11.7 Å². The molecule has 3 rings (SSSR count). The van der Waals surface area contributed by atoms with Crippen LogP contribution in [0.15, 0.2) is 22.8 Å². The van der Waals surface area contributed by atoms with Gasteiger partial charge in [0.25, 0.3) is 0 Å². The van der Waals surface area contributed by atoms with Gasteiger partial charge in [-0.15, -0.1) is 0 Å². The molecule has 2 aliphatic carbocycles. The van der Waals surface area contributed by atoms with Crippen LogP contribution in [0.2, 0.25) is 0 Å². The van der Waals surface area contributed by atoms with Gasteiger partial charge in [-0.05, 0) is 37.8 Å². The number of furan rings is 1. The molecule has 20 heavy (non-hydrogen) atoms.